The molecule has 1 aromatic carbocycles. The van der Waals surface area contributed by atoms with Crippen LogP contribution in [0.5, 0.6) is 0 Å². The van der Waals surface area contributed by atoms with E-state index in [0.717, 1.165) is 23.5 Å². The molecule has 2 aromatic rings. The molecule has 2 N–H and O–H groups in total. The number of nitrogens with one attached hydrogen (secondary N) is 2. The molecule has 2 rings (SSSR count). The van der Waals surface area contributed by atoms with Gasteiger partial charge in [-0.1, -0.05) is 18.2 Å². The summed E-state index contributed by atoms with van der Waals surface area (Å²) in [4.78, 5) is 16.0. The van der Waals surface area contributed by atoms with Crippen LogP contribution in [0.15, 0.2) is 48.7 Å². The molecule has 1 amide bonds. The first kappa shape index (κ1) is 13.2. The molecule has 0 aliphatic heterocycles. The van der Waals surface area contributed by atoms with Gasteiger partial charge in [0.1, 0.15) is 0 Å². The molecular formula is C15H17N3O. The molecule has 0 spiro atoms. The number of nitrogens with zero attached hydrogens (tertiary/aromatic N) is 1. The van der Waals surface area contributed by atoms with E-state index < -0.39 is 0 Å². The van der Waals surface area contributed by atoms with Crippen LogP contribution in [0.25, 0.3) is 0 Å². The summed E-state index contributed by atoms with van der Waals surface area (Å²) in [5, 5.41) is 5.96. The van der Waals surface area contributed by atoms with E-state index in [1.807, 2.05) is 49.5 Å². The molecule has 4 heteroatoms. The summed E-state index contributed by atoms with van der Waals surface area (Å²) in [6.07, 6.45) is 1.98. The van der Waals surface area contributed by atoms with Crippen molar-refractivity contribution in [3.63, 3.8) is 0 Å². The molecular weight excluding hydrogens is 238 g/mol. The second-order valence-electron chi connectivity index (χ2n) is 4.28. The standard InChI is InChI=1S/C15H17N3O/c1-16-11-12-5-4-7-14(9-12)18-15(19)10-13-6-2-3-8-17-13/h2-9,16H,10-11H2,1H3,(H,18,19). The normalized spacial score (nSPS) is 10.2. The summed E-state index contributed by atoms with van der Waals surface area (Å²) in [5.74, 6) is -0.0553. The summed E-state index contributed by atoms with van der Waals surface area (Å²) in [7, 11) is 1.90. The lowest BCUT2D eigenvalue weighted by Gasteiger charge is -2.07. The van der Waals surface area contributed by atoms with E-state index in [1.54, 1.807) is 6.20 Å². The second kappa shape index (κ2) is 6.66. The molecule has 1 aromatic heterocycles. The number of carbonyl (C=O) groups is 1. The average molecular weight is 255 g/mol. The Balaban J connectivity index is 1.97. The topological polar surface area (TPSA) is 54.0 Å². The maximum absolute atomic E-state index is 11.9. The van der Waals surface area contributed by atoms with Gasteiger partial charge in [-0.2, -0.15) is 0 Å². The van der Waals surface area contributed by atoms with Gasteiger partial charge < -0.3 is 10.6 Å². The highest BCUT2D eigenvalue weighted by atomic mass is 16.1. The Labute approximate surface area is 112 Å². The fourth-order valence-electron chi connectivity index (χ4n) is 1.84. The number of carbonyl (C=O) groups excluding carboxylic acids is 1. The SMILES string of the molecule is CNCc1cccc(NC(=O)Cc2ccccn2)c1. The van der Waals surface area contributed by atoms with E-state index in [1.165, 1.54) is 0 Å². The zero-order valence-electron chi connectivity index (χ0n) is 10.9. The molecule has 0 radical (unpaired) electrons. The van der Waals surface area contributed by atoms with Crippen LogP contribution < -0.4 is 10.6 Å². The molecule has 0 aliphatic rings. The van der Waals surface area contributed by atoms with Crippen molar-refractivity contribution < 1.29 is 4.79 Å². The highest BCUT2D eigenvalue weighted by Gasteiger charge is 2.05. The van der Waals surface area contributed by atoms with E-state index in [-0.39, 0.29) is 12.3 Å². The van der Waals surface area contributed by atoms with E-state index in [4.69, 9.17) is 0 Å². The van der Waals surface area contributed by atoms with Crippen LogP contribution in [-0.2, 0) is 17.8 Å². The zero-order chi connectivity index (χ0) is 13.5. The maximum atomic E-state index is 11.9. The predicted molar refractivity (Wildman–Crippen MR) is 75.8 cm³/mol. The summed E-state index contributed by atoms with van der Waals surface area (Å²) < 4.78 is 0. The van der Waals surface area contributed by atoms with Crippen molar-refractivity contribution in [3.05, 3.63) is 59.9 Å². The van der Waals surface area contributed by atoms with Gasteiger partial charge in [-0.15, -0.1) is 0 Å². The molecule has 0 unspecified atom stereocenters. The van der Waals surface area contributed by atoms with Crippen molar-refractivity contribution in [1.82, 2.24) is 10.3 Å². The van der Waals surface area contributed by atoms with Crippen molar-refractivity contribution in [2.24, 2.45) is 0 Å². The van der Waals surface area contributed by atoms with E-state index in [2.05, 4.69) is 15.6 Å². The van der Waals surface area contributed by atoms with Gasteiger partial charge >= 0.3 is 0 Å². The molecule has 0 atom stereocenters. The Bertz CT molecular complexity index is 540. The Morgan fingerprint density at radius 2 is 2.11 bits per heavy atom. The van der Waals surface area contributed by atoms with E-state index in [9.17, 15) is 4.79 Å². The molecule has 0 saturated carbocycles. The van der Waals surface area contributed by atoms with E-state index in [0.29, 0.717) is 0 Å². The largest absolute Gasteiger partial charge is 0.326 e. The minimum atomic E-state index is -0.0553. The molecule has 1 heterocycles. The third kappa shape index (κ3) is 4.19. The summed E-state index contributed by atoms with van der Waals surface area (Å²) >= 11 is 0. The first-order valence-corrected chi connectivity index (χ1v) is 6.21. The Kier molecular flexibility index (Phi) is 4.64. The van der Waals surface area contributed by atoms with Crippen molar-refractivity contribution in [2.45, 2.75) is 13.0 Å². The monoisotopic (exact) mass is 255 g/mol. The smallest absolute Gasteiger partial charge is 0.230 e. The third-order valence-electron chi connectivity index (χ3n) is 2.66. The highest BCUT2D eigenvalue weighted by molar-refractivity contribution is 5.92. The fourth-order valence-corrected chi connectivity index (χ4v) is 1.84. The minimum absolute atomic E-state index is 0.0553. The Morgan fingerprint density at radius 3 is 2.84 bits per heavy atom. The number of pyridine rings is 1. The van der Waals surface area contributed by atoms with Gasteiger partial charge in [-0.05, 0) is 36.9 Å². The van der Waals surface area contributed by atoms with Crippen molar-refractivity contribution in [2.75, 3.05) is 12.4 Å². The maximum Gasteiger partial charge on any atom is 0.230 e. The number of rotatable bonds is 5. The molecule has 0 aliphatic carbocycles. The van der Waals surface area contributed by atoms with Crippen LogP contribution >= 0.6 is 0 Å². The zero-order valence-corrected chi connectivity index (χ0v) is 10.9. The van der Waals surface area contributed by atoms with Crippen LogP contribution in [0.3, 0.4) is 0 Å². The summed E-state index contributed by atoms with van der Waals surface area (Å²) in [6, 6.07) is 13.4. The van der Waals surface area contributed by atoms with Gasteiger partial charge in [-0.25, -0.2) is 0 Å². The van der Waals surface area contributed by atoms with Gasteiger partial charge in [0, 0.05) is 24.1 Å². The van der Waals surface area contributed by atoms with Crippen molar-refractivity contribution >= 4 is 11.6 Å². The van der Waals surface area contributed by atoms with Crippen LogP contribution in [-0.4, -0.2) is 17.9 Å². The molecule has 0 bridgehead atoms. The lowest BCUT2D eigenvalue weighted by atomic mass is 10.2. The second-order valence-corrected chi connectivity index (χ2v) is 4.28. The highest BCUT2D eigenvalue weighted by Crippen LogP contribution is 2.11. The van der Waals surface area contributed by atoms with Gasteiger partial charge in [0.05, 0.1) is 6.42 Å². The number of benzene rings is 1. The average Bonchev–Trinajstić information content (AvgIpc) is 2.40. The quantitative estimate of drug-likeness (QED) is 0.859. The van der Waals surface area contributed by atoms with Crippen LogP contribution in [0.2, 0.25) is 0 Å². The number of amides is 1. The fraction of sp³-hybridized carbons (Fsp3) is 0.200. The summed E-state index contributed by atoms with van der Waals surface area (Å²) in [5.41, 5.74) is 2.72. The third-order valence-corrected chi connectivity index (χ3v) is 2.66. The van der Waals surface area contributed by atoms with Crippen molar-refractivity contribution in [1.29, 1.82) is 0 Å². The molecule has 98 valence electrons. The van der Waals surface area contributed by atoms with Crippen LogP contribution in [0, 0.1) is 0 Å². The first-order valence-electron chi connectivity index (χ1n) is 6.21. The van der Waals surface area contributed by atoms with Crippen LogP contribution in [0.1, 0.15) is 11.3 Å². The van der Waals surface area contributed by atoms with Gasteiger partial charge in [-0.3, -0.25) is 9.78 Å². The van der Waals surface area contributed by atoms with E-state index >= 15 is 0 Å². The number of anilines is 1. The minimum Gasteiger partial charge on any atom is -0.326 e. The number of hydrogen-bond donors (Lipinski definition) is 2. The number of hydrogen-bond acceptors (Lipinski definition) is 3. The molecule has 0 fully saturated rings. The molecule has 19 heavy (non-hydrogen) atoms. The molecule has 4 nitrogen and oxygen atoms in total. The Hall–Kier alpha value is -2.20. The van der Waals surface area contributed by atoms with Crippen molar-refractivity contribution in [3.8, 4) is 0 Å². The van der Waals surface area contributed by atoms with Gasteiger partial charge in [0.25, 0.3) is 0 Å². The van der Waals surface area contributed by atoms with Crippen LogP contribution in [0.4, 0.5) is 5.69 Å². The first-order chi connectivity index (χ1) is 9.28. The summed E-state index contributed by atoms with van der Waals surface area (Å²) in [6.45, 7) is 0.782. The van der Waals surface area contributed by atoms with Gasteiger partial charge in [0.15, 0.2) is 0 Å². The predicted octanol–water partition coefficient (Wildman–Crippen LogP) is 1.98. The molecule has 0 saturated heterocycles. The lowest BCUT2D eigenvalue weighted by molar-refractivity contribution is -0.115. The Morgan fingerprint density at radius 1 is 1.21 bits per heavy atom. The van der Waals surface area contributed by atoms with Gasteiger partial charge in [0.2, 0.25) is 5.91 Å². The number of aromatic nitrogens is 1. The lowest BCUT2D eigenvalue weighted by Crippen LogP contribution is -2.15.